The van der Waals surface area contributed by atoms with Crippen molar-refractivity contribution in [2.24, 2.45) is 0 Å². The number of ether oxygens (including phenoxy) is 2. The molecule has 1 atom stereocenters. The topological polar surface area (TPSA) is 55.8 Å². The van der Waals surface area contributed by atoms with Gasteiger partial charge in [-0.25, -0.2) is 4.79 Å². The normalized spacial score (nSPS) is 23.5. The Balaban J connectivity index is 2.19. The van der Waals surface area contributed by atoms with Crippen molar-refractivity contribution in [3.63, 3.8) is 0 Å². The van der Waals surface area contributed by atoms with Crippen LogP contribution in [-0.2, 0) is 14.3 Å². The average molecular weight is 265 g/mol. The molecule has 0 bridgehead atoms. The van der Waals surface area contributed by atoms with Crippen molar-refractivity contribution in [2.75, 3.05) is 13.2 Å². The fourth-order valence-corrected chi connectivity index (χ4v) is 1.29. The van der Waals surface area contributed by atoms with Gasteiger partial charge in [-0.3, -0.25) is 0 Å². The standard InChI is InChI=1S/C9H13BrO4/c10-7(9(11)12)4-6-14-8-3-1-2-5-13-8/h4,8H,1-3,5-6H2,(H,11,12)/b7-4+. The van der Waals surface area contributed by atoms with Crippen LogP contribution in [0.5, 0.6) is 0 Å². The van der Waals surface area contributed by atoms with Crippen LogP contribution in [0.3, 0.4) is 0 Å². The van der Waals surface area contributed by atoms with Crippen molar-refractivity contribution in [2.45, 2.75) is 25.6 Å². The van der Waals surface area contributed by atoms with Crippen LogP contribution in [0.25, 0.3) is 0 Å². The highest BCUT2D eigenvalue weighted by molar-refractivity contribution is 9.12. The first kappa shape index (κ1) is 11.7. The molecule has 0 saturated carbocycles. The zero-order chi connectivity index (χ0) is 10.4. The van der Waals surface area contributed by atoms with E-state index in [-0.39, 0.29) is 17.4 Å². The first-order valence-electron chi connectivity index (χ1n) is 4.52. The van der Waals surface area contributed by atoms with Gasteiger partial charge in [0.1, 0.15) is 4.48 Å². The Kier molecular flexibility index (Phi) is 5.14. The van der Waals surface area contributed by atoms with Gasteiger partial charge in [0.15, 0.2) is 6.29 Å². The Morgan fingerprint density at radius 3 is 3.00 bits per heavy atom. The van der Waals surface area contributed by atoms with Crippen molar-refractivity contribution >= 4 is 21.9 Å². The molecule has 80 valence electrons. The largest absolute Gasteiger partial charge is 0.477 e. The lowest BCUT2D eigenvalue weighted by atomic mass is 10.2. The molecule has 14 heavy (non-hydrogen) atoms. The lowest BCUT2D eigenvalue weighted by Gasteiger charge is -2.21. The van der Waals surface area contributed by atoms with E-state index in [0.29, 0.717) is 0 Å². The number of carbonyl (C=O) groups is 1. The quantitative estimate of drug-likeness (QED) is 0.788. The lowest BCUT2D eigenvalue weighted by molar-refractivity contribution is -0.155. The Bertz CT molecular complexity index is 221. The van der Waals surface area contributed by atoms with Gasteiger partial charge in [0, 0.05) is 6.61 Å². The van der Waals surface area contributed by atoms with Gasteiger partial charge in [0.2, 0.25) is 0 Å². The van der Waals surface area contributed by atoms with E-state index in [1.807, 2.05) is 0 Å². The summed E-state index contributed by atoms with van der Waals surface area (Å²) in [6.45, 7) is 0.992. The minimum atomic E-state index is -0.988. The molecular weight excluding hydrogens is 252 g/mol. The van der Waals surface area contributed by atoms with Gasteiger partial charge >= 0.3 is 5.97 Å². The van der Waals surface area contributed by atoms with Crippen molar-refractivity contribution in [3.8, 4) is 0 Å². The second-order valence-corrected chi connectivity index (χ2v) is 3.84. The summed E-state index contributed by atoms with van der Waals surface area (Å²) in [6.07, 6.45) is 4.37. The highest BCUT2D eigenvalue weighted by atomic mass is 79.9. The zero-order valence-electron chi connectivity index (χ0n) is 7.74. The number of rotatable bonds is 4. The molecule has 4 nitrogen and oxygen atoms in total. The molecule has 5 heteroatoms. The molecule has 0 aromatic rings. The first-order valence-corrected chi connectivity index (χ1v) is 5.31. The van der Waals surface area contributed by atoms with Crippen LogP contribution >= 0.6 is 15.9 Å². The molecule has 1 aliphatic rings. The van der Waals surface area contributed by atoms with E-state index in [9.17, 15) is 4.79 Å². The highest BCUT2D eigenvalue weighted by Gasteiger charge is 2.13. The number of hydrogen-bond acceptors (Lipinski definition) is 3. The van der Waals surface area contributed by atoms with Gasteiger partial charge in [0.25, 0.3) is 0 Å². The van der Waals surface area contributed by atoms with Crippen LogP contribution in [-0.4, -0.2) is 30.6 Å². The maximum absolute atomic E-state index is 10.4. The summed E-state index contributed by atoms with van der Waals surface area (Å²) in [4.78, 5) is 10.4. The molecule has 0 aromatic heterocycles. The first-order chi connectivity index (χ1) is 6.70. The monoisotopic (exact) mass is 264 g/mol. The van der Waals surface area contributed by atoms with E-state index >= 15 is 0 Å². The van der Waals surface area contributed by atoms with E-state index in [1.165, 1.54) is 6.08 Å². The average Bonchev–Trinajstić information content (AvgIpc) is 2.19. The third kappa shape index (κ3) is 4.21. The molecule has 1 fully saturated rings. The van der Waals surface area contributed by atoms with E-state index in [4.69, 9.17) is 14.6 Å². The number of aliphatic carboxylic acids is 1. The molecule has 0 aliphatic carbocycles. The maximum atomic E-state index is 10.4. The van der Waals surface area contributed by atoms with Crippen LogP contribution in [0.4, 0.5) is 0 Å². The van der Waals surface area contributed by atoms with Crippen molar-refractivity contribution in [3.05, 3.63) is 10.6 Å². The molecule has 0 spiro atoms. The smallest absolute Gasteiger partial charge is 0.342 e. The van der Waals surface area contributed by atoms with Crippen molar-refractivity contribution < 1.29 is 19.4 Å². The number of carboxylic acids is 1. The molecular formula is C9H13BrO4. The summed E-state index contributed by atoms with van der Waals surface area (Å²) in [6, 6.07) is 0. The second kappa shape index (κ2) is 6.16. The molecule has 0 radical (unpaired) electrons. The van der Waals surface area contributed by atoms with Gasteiger partial charge in [-0.1, -0.05) is 0 Å². The Morgan fingerprint density at radius 1 is 1.64 bits per heavy atom. The fourth-order valence-electron chi connectivity index (χ4n) is 1.16. The van der Waals surface area contributed by atoms with Crippen molar-refractivity contribution in [1.29, 1.82) is 0 Å². The minimum Gasteiger partial charge on any atom is -0.477 e. The molecule has 1 unspecified atom stereocenters. The Hall–Kier alpha value is -0.390. The highest BCUT2D eigenvalue weighted by Crippen LogP contribution is 2.14. The molecule has 1 saturated heterocycles. The molecule has 1 aliphatic heterocycles. The summed E-state index contributed by atoms with van der Waals surface area (Å²) in [7, 11) is 0. The third-order valence-electron chi connectivity index (χ3n) is 1.89. The van der Waals surface area contributed by atoms with Gasteiger partial charge in [-0.05, 0) is 41.3 Å². The molecule has 1 rings (SSSR count). The Morgan fingerprint density at radius 2 is 2.43 bits per heavy atom. The number of halogens is 1. The maximum Gasteiger partial charge on any atom is 0.342 e. The molecule has 0 aromatic carbocycles. The van der Waals surface area contributed by atoms with Gasteiger partial charge in [-0.2, -0.15) is 0 Å². The van der Waals surface area contributed by atoms with E-state index in [0.717, 1.165) is 25.9 Å². The summed E-state index contributed by atoms with van der Waals surface area (Å²) >= 11 is 2.91. The van der Waals surface area contributed by atoms with E-state index in [1.54, 1.807) is 0 Å². The predicted molar refractivity (Wildman–Crippen MR) is 54.2 cm³/mol. The van der Waals surface area contributed by atoms with E-state index in [2.05, 4.69) is 15.9 Å². The SMILES string of the molecule is O=C(O)/C(Br)=C\COC1CCCCO1. The summed E-state index contributed by atoms with van der Waals surface area (Å²) in [5, 5.41) is 8.52. The molecule has 1 heterocycles. The van der Waals surface area contributed by atoms with Gasteiger partial charge < -0.3 is 14.6 Å². The van der Waals surface area contributed by atoms with Crippen LogP contribution in [0, 0.1) is 0 Å². The van der Waals surface area contributed by atoms with Gasteiger partial charge in [-0.15, -0.1) is 0 Å². The van der Waals surface area contributed by atoms with Crippen molar-refractivity contribution in [1.82, 2.24) is 0 Å². The van der Waals surface area contributed by atoms with Crippen LogP contribution in [0.15, 0.2) is 10.6 Å². The lowest BCUT2D eigenvalue weighted by Crippen LogP contribution is -2.22. The minimum absolute atomic E-state index is 0.119. The summed E-state index contributed by atoms with van der Waals surface area (Å²) in [5.41, 5.74) is 0. The zero-order valence-corrected chi connectivity index (χ0v) is 9.33. The molecule has 1 N–H and O–H groups in total. The van der Waals surface area contributed by atoms with Crippen LogP contribution < -0.4 is 0 Å². The number of hydrogen-bond donors (Lipinski definition) is 1. The molecule has 0 amide bonds. The van der Waals surface area contributed by atoms with E-state index < -0.39 is 5.97 Å². The Labute approximate surface area is 91.0 Å². The van der Waals surface area contributed by atoms with Gasteiger partial charge in [0.05, 0.1) is 6.61 Å². The summed E-state index contributed by atoms with van der Waals surface area (Å²) in [5.74, 6) is -0.988. The van der Waals surface area contributed by atoms with Crippen LogP contribution in [0.1, 0.15) is 19.3 Å². The number of carboxylic acid groups (broad SMARTS) is 1. The predicted octanol–water partition coefficient (Wildman–Crippen LogP) is 1.89. The second-order valence-electron chi connectivity index (χ2n) is 2.99. The third-order valence-corrected chi connectivity index (χ3v) is 2.55. The fraction of sp³-hybridized carbons (Fsp3) is 0.667. The van der Waals surface area contributed by atoms with Crippen LogP contribution in [0.2, 0.25) is 0 Å². The summed E-state index contributed by atoms with van der Waals surface area (Å²) < 4.78 is 10.7.